The second kappa shape index (κ2) is 15.5. The topological polar surface area (TPSA) is 61.8 Å². The van der Waals surface area contributed by atoms with Gasteiger partial charge in [-0.25, -0.2) is 0 Å². The fourth-order valence-electron chi connectivity index (χ4n) is 3.55. The van der Waals surface area contributed by atoms with Crippen LogP contribution in [0.3, 0.4) is 0 Å². The van der Waals surface area contributed by atoms with Crippen LogP contribution >= 0.6 is 0 Å². The minimum absolute atomic E-state index is 0.183. The molecule has 1 aromatic rings. The SMILES string of the molecule is CCCCCCCCCC/C=C/C(C(=O)OCC)(C(=O)OCC)c1ccc(OC)cc1. The van der Waals surface area contributed by atoms with Gasteiger partial charge in [0, 0.05) is 0 Å². The lowest BCUT2D eigenvalue weighted by molar-refractivity contribution is -0.161. The normalized spacial score (nSPS) is 11.5. The van der Waals surface area contributed by atoms with Crippen molar-refractivity contribution >= 4 is 11.9 Å². The first-order chi connectivity index (χ1) is 15.1. The van der Waals surface area contributed by atoms with Crippen LogP contribution in [0.25, 0.3) is 0 Å². The molecule has 0 unspecified atom stereocenters. The summed E-state index contributed by atoms with van der Waals surface area (Å²) in [6, 6.07) is 6.89. The van der Waals surface area contributed by atoms with Crippen molar-refractivity contribution in [1.29, 1.82) is 0 Å². The number of ether oxygens (including phenoxy) is 3. The number of allylic oxidation sites excluding steroid dienone is 1. The van der Waals surface area contributed by atoms with E-state index in [1.54, 1.807) is 51.3 Å². The standard InChI is InChI=1S/C26H40O5/c1-5-8-9-10-11-12-13-14-15-16-21-26(24(27)30-6-2,25(28)31-7-3)22-17-19-23(29-4)20-18-22/h16-21H,5-15H2,1-4H3/b21-16+. The van der Waals surface area contributed by atoms with Crippen molar-refractivity contribution in [3.8, 4) is 5.75 Å². The van der Waals surface area contributed by atoms with Crippen LogP contribution in [0.15, 0.2) is 36.4 Å². The number of carbonyl (C=O) groups excluding carboxylic acids is 2. The molecule has 0 aromatic heterocycles. The van der Waals surface area contributed by atoms with Gasteiger partial charge in [0.1, 0.15) is 5.75 Å². The van der Waals surface area contributed by atoms with Gasteiger partial charge in [0.2, 0.25) is 5.41 Å². The summed E-state index contributed by atoms with van der Waals surface area (Å²) in [7, 11) is 1.57. The summed E-state index contributed by atoms with van der Waals surface area (Å²) in [5, 5.41) is 0. The zero-order valence-corrected chi connectivity index (χ0v) is 19.8. The summed E-state index contributed by atoms with van der Waals surface area (Å²) in [5.41, 5.74) is -1.10. The van der Waals surface area contributed by atoms with E-state index >= 15 is 0 Å². The van der Waals surface area contributed by atoms with E-state index < -0.39 is 17.4 Å². The smallest absolute Gasteiger partial charge is 0.332 e. The van der Waals surface area contributed by atoms with Crippen molar-refractivity contribution in [3.05, 3.63) is 42.0 Å². The van der Waals surface area contributed by atoms with Crippen molar-refractivity contribution in [3.63, 3.8) is 0 Å². The number of rotatable bonds is 16. The quantitative estimate of drug-likeness (QED) is 0.136. The van der Waals surface area contributed by atoms with Crippen LogP contribution in [0, 0.1) is 0 Å². The van der Waals surface area contributed by atoms with Gasteiger partial charge in [0.05, 0.1) is 20.3 Å². The largest absolute Gasteiger partial charge is 0.497 e. The molecular formula is C26H40O5. The maximum atomic E-state index is 13.0. The van der Waals surface area contributed by atoms with Crippen LogP contribution in [0.5, 0.6) is 5.75 Å². The van der Waals surface area contributed by atoms with Gasteiger partial charge in [-0.2, -0.15) is 0 Å². The van der Waals surface area contributed by atoms with Gasteiger partial charge in [-0.1, -0.05) is 76.2 Å². The van der Waals surface area contributed by atoms with Gasteiger partial charge in [0.25, 0.3) is 0 Å². The number of benzene rings is 1. The first kappa shape index (κ1) is 26.7. The molecule has 0 N–H and O–H groups in total. The van der Waals surface area contributed by atoms with Gasteiger partial charge in [-0.05, 0) is 44.4 Å². The number of carbonyl (C=O) groups is 2. The van der Waals surface area contributed by atoms with Crippen LogP contribution in [0.2, 0.25) is 0 Å². The molecule has 0 amide bonds. The van der Waals surface area contributed by atoms with E-state index in [1.165, 1.54) is 38.5 Å². The molecule has 0 aliphatic carbocycles. The predicted octanol–water partition coefficient (Wildman–Crippen LogP) is 6.15. The molecule has 0 saturated carbocycles. The Labute approximate surface area is 188 Å². The Morgan fingerprint density at radius 1 is 0.806 bits per heavy atom. The van der Waals surface area contributed by atoms with Gasteiger partial charge in [-0.3, -0.25) is 9.59 Å². The van der Waals surface area contributed by atoms with Crippen molar-refractivity contribution in [1.82, 2.24) is 0 Å². The fourth-order valence-corrected chi connectivity index (χ4v) is 3.55. The van der Waals surface area contributed by atoms with E-state index in [1.807, 2.05) is 6.08 Å². The second-order valence-corrected chi connectivity index (χ2v) is 7.64. The molecule has 0 atom stereocenters. The number of unbranched alkanes of at least 4 members (excludes halogenated alkanes) is 8. The fraction of sp³-hybridized carbons (Fsp3) is 0.615. The first-order valence-electron chi connectivity index (χ1n) is 11.7. The van der Waals surface area contributed by atoms with E-state index in [2.05, 4.69) is 6.92 Å². The van der Waals surface area contributed by atoms with Crippen molar-refractivity contribution in [2.24, 2.45) is 0 Å². The minimum Gasteiger partial charge on any atom is -0.497 e. The third-order valence-electron chi connectivity index (χ3n) is 5.33. The molecule has 0 spiro atoms. The van der Waals surface area contributed by atoms with Crippen LogP contribution in [-0.4, -0.2) is 32.3 Å². The molecule has 0 aliphatic heterocycles. The number of hydrogen-bond donors (Lipinski definition) is 0. The molecule has 0 bridgehead atoms. The highest BCUT2D eigenvalue weighted by Crippen LogP contribution is 2.32. The monoisotopic (exact) mass is 432 g/mol. The third-order valence-corrected chi connectivity index (χ3v) is 5.33. The third kappa shape index (κ3) is 8.39. The number of hydrogen-bond acceptors (Lipinski definition) is 5. The second-order valence-electron chi connectivity index (χ2n) is 7.64. The zero-order valence-electron chi connectivity index (χ0n) is 19.8. The molecule has 0 heterocycles. The van der Waals surface area contributed by atoms with Crippen LogP contribution in [-0.2, 0) is 24.5 Å². The van der Waals surface area contributed by atoms with Gasteiger partial charge < -0.3 is 14.2 Å². The molecule has 5 heteroatoms. The maximum Gasteiger partial charge on any atom is 0.332 e. The Kier molecular flexibility index (Phi) is 13.4. The molecule has 174 valence electrons. The molecule has 1 aromatic carbocycles. The lowest BCUT2D eigenvalue weighted by Gasteiger charge is -2.27. The summed E-state index contributed by atoms with van der Waals surface area (Å²) < 4.78 is 15.8. The van der Waals surface area contributed by atoms with Crippen LogP contribution in [0.4, 0.5) is 0 Å². The Balaban J connectivity index is 2.93. The molecule has 0 radical (unpaired) electrons. The van der Waals surface area contributed by atoms with Crippen LogP contribution in [0.1, 0.15) is 84.1 Å². The van der Waals surface area contributed by atoms with Crippen molar-refractivity contribution in [2.75, 3.05) is 20.3 Å². The average molecular weight is 433 g/mol. The summed E-state index contributed by atoms with van der Waals surface area (Å²) in [5.74, 6) is -0.593. The molecule has 0 fully saturated rings. The summed E-state index contributed by atoms with van der Waals surface area (Å²) in [4.78, 5) is 26.0. The summed E-state index contributed by atoms with van der Waals surface area (Å²) in [6.07, 6.45) is 14.2. The molecule has 0 aliphatic rings. The highest BCUT2D eigenvalue weighted by molar-refractivity contribution is 6.08. The number of methoxy groups -OCH3 is 1. The first-order valence-corrected chi connectivity index (χ1v) is 11.7. The highest BCUT2D eigenvalue weighted by atomic mass is 16.6. The lowest BCUT2D eigenvalue weighted by Crippen LogP contribution is -2.44. The van der Waals surface area contributed by atoms with Crippen molar-refractivity contribution in [2.45, 2.75) is 84.0 Å². The Hall–Kier alpha value is -2.30. The van der Waals surface area contributed by atoms with E-state index in [0.29, 0.717) is 11.3 Å². The van der Waals surface area contributed by atoms with Gasteiger partial charge in [-0.15, -0.1) is 0 Å². The van der Waals surface area contributed by atoms with Gasteiger partial charge >= 0.3 is 11.9 Å². The molecule has 1 rings (SSSR count). The minimum atomic E-state index is -1.61. The van der Waals surface area contributed by atoms with E-state index in [4.69, 9.17) is 14.2 Å². The Morgan fingerprint density at radius 3 is 1.81 bits per heavy atom. The Morgan fingerprint density at radius 2 is 1.32 bits per heavy atom. The summed E-state index contributed by atoms with van der Waals surface area (Å²) in [6.45, 7) is 6.05. The highest BCUT2D eigenvalue weighted by Gasteiger charge is 2.48. The van der Waals surface area contributed by atoms with E-state index in [9.17, 15) is 9.59 Å². The lowest BCUT2D eigenvalue weighted by atomic mass is 9.79. The number of esters is 2. The van der Waals surface area contributed by atoms with Crippen molar-refractivity contribution < 1.29 is 23.8 Å². The maximum absolute atomic E-state index is 13.0. The molecule has 5 nitrogen and oxygen atoms in total. The van der Waals surface area contributed by atoms with E-state index in [-0.39, 0.29) is 13.2 Å². The van der Waals surface area contributed by atoms with Crippen LogP contribution < -0.4 is 4.74 Å². The molecule has 0 saturated heterocycles. The molecule has 31 heavy (non-hydrogen) atoms. The zero-order chi connectivity index (χ0) is 23.0. The average Bonchev–Trinajstić information content (AvgIpc) is 2.78. The summed E-state index contributed by atoms with van der Waals surface area (Å²) >= 11 is 0. The predicted molar refractivity (Wildman–Crippen MR) is 124 cm³/mol. The molecular weight excluding hydrogens is 392 g/mol. The Bertz CT molecular complexity index is 645. The van der Waals surface area contributed by atoms with Gasteiger partial charge in [0.15, 0.2) is 0 Å². The van der Waals surface area contributed by atoms with E-state index in [0.717, 1.165) is 19.3 Å².